The van der Waals surface area contributed by atoms with Crippen LogP contribution in [0.1, 0.15) is 29.6 Å². The number of oxazole rings is 1. The third-order valence-corrected chi connectivity index (χ3v) is 6.10. The lowest BCUT2D eigenvalue weighted by Crippen LogP contribution is -2.25. The number of nitrogens with one attached hydrogen (secondary N) is 1. The first-order chi connectivity index (χ1) is 15.6. The van der Waals surface area contributed by atoms with Crippen LogP contribution in [0, 0.1) is 11.8 Å². The van der Waals surface area contributed by atoms with Crippen LogP contribution in [0.25, 0.3) is 22.2 Å². The van der Waals surface area contributed by atoms with Crippen LogP contribution in [0.3, 0.4) is 0 Å². The number of carboxylic acid groups (broad SMARTS) is 1. The molecule has 2 N–H and O–H groups in total. The van der Waals surface area contributed by atoms with Crippen LogP contribution in [-0.2, 0) is 4.79 Å². The Balaban J connectivity index is 1.29. The summed E-state index contributed by atoms with van der Waals surface area (Å²) in [5, 5.41) is 12.5. The lowest BCUT2D eigenvalue weighted by molar-refractivity contribution is -0.142. The van der Waals surface area contributed by atoms with Crippen molar-refractivity contribution in [2.45, 2.75) is 19.3 Å². The Kier molecular flexibility index (Phi) is 5.19. The number of hydrogen-bond donors (Lipinski definition) is 2. The monoisotopic (exact) mass is 426 g/mol. The van der Waals surface area contributed by atoms with E-state index in [1.165, 1.54) is 0 Å². The number of aromatic nitrogens is 1. The highest BCUT2D eigenvalue weighted by molar-refractivity contribution is 6.00. The van der Waals surface area contributed by atoms with Crippen LogP contribution >= 0.6 is 0 Å². The molecule has 2 atom stereocenters. The summed E-state index contributed by atoms with van der Waals surface area (Å²) in [5.74, 6) is -1.93. The van der Waals surface area contributed by atoms with Crippen LogP contribution in [-0.4, -0.2) is 21.8 Å². The topological polar surface area (TPSA) is 92.4 Å². The van der Waals surface area contributed by atoms with Gasteiger partial charge in [-0.1, -0.05) is 55.0 Å². The summed E-state index contributed by atoms with van der Waals surface area (Å²) in [4.78, 5) is 28.6. The number of carboxylic acids is 1. The quantitative estimate of drug-likeness (QED) is 0.372. The van der Waals surface area contributed by atoms with E-state index in [1.54, 1.807) is 12.1 Å². The average molecular weight is 426 g/mol. The molecule has 0 aliphatic heterocycles. The number of nitrogens with zero attached hydrogens (tertiary/aromatic N) is 1. The smallest absolute Gasteiger partial charge is 0.307 e. The summed E-state index contributed by atoms with van der Waals surface area (Å²) >= 11 is 0. The molecule has 1 fully saturated rings. The van der Waals surface area contributed by atoms with Gasteiger partial charge in [-0.2, -0.15) is 4.98 Å². The Hall–Kier alpha value is -3.93. The fourth-order valence-corrected chi connectivity index (χ4v) is 4.41. The van der Waals surface area contributed by atoms with Crippen molar-refractivity contribution in [1.82, 2.24) is 4.98 Å². The Labute approximate surface area is 184 Å². The molecule has 32 heavy (non-hydrogen) atoms. The van der Waals surface area contributed by atoms with Gasteiger partial charge in [0.05, 0.1) is 5.92 Å². The van der Waals surface area contributed by atoms with Crippen molar-refractivity contribution >= 4 is 34.6 Å². The van der Waals surface area contributed by atoms with Crippen molar-refractivity contribution in [2.24, 2.45) is 11.8 Å². The highest BCUT2D eigenvalue weighted by Crippen LogP contribution is 2.35. The summed E-state index contributed by atoms with van der Waals surface area (Å²) in [6.07, 6.45) is 2.01. The van der Waals surface area contributed by atoms with Crippen LogP contribution in [0.2, 0.25) is 0 Å². The van der Waals surface area contributed by atoms with Crippen molar-refractivity contribution < 1.29 is 19.1 Å². The van der Waals surface area contributed by atoms with E-state index in [0.717, 1.165) is 34.3 Å². The van der Waals surface area contributed by atoms with Gasteiger partial charge in [-0.15, -0.1) is 0 Å². The van der Waals surface area contributed by atoms with Gasteiger partial charge in [0.15, 0.2) is 11.4 Å². The second kappa shape index (κ2) is 8.30. The van der Waals surface area contributed by atoms with Gasteiger partial charge in [0.1, 0.15) is 5.52 Å². The normalized spacial score (nSPS) is 18.0. The highest BCUT2D eigenvalue weighted by Gasteiger charge is 2.37. The van der Waals surface area contributed by atoms with Crippen molar-refractivity contribution in [3.05, 3.63) is 78.4 Å². The highest BCUT2D eigenvalue weighted by atomic mass is 16.4. The van der Waals surface area contributed by atoms with E-state index >= 15 is 0 Å². The lowest BCUT2D eigenvalue weighted by Gasteiger charge is -2.14. The van der Waals surface area contributed by atoms with Gasteiger partial charge in [-0.3, -0.25) is 9.59 Å². The maximum atomic E-state index is 12.8. The maximum Gasteiger partial charge on any atom is 0.307 e. The first-order valence-corrected chi connectivity index (χ1v) is 10.7. The summed E-state index contributed by atoms with van der Waals surface area (Å²) < 4.78 is 5.70. The molecule has 1 aliphatic rings. The Morgan fingerprint density at radius 2 is 1.53 bits per heavy atom. The van der Waals surface area contributed by atoms with Gasteiger partial charge in [0.2, 0.25) is 0 Å². The zero-order valence-corrected chi connectivity index (χ0v) is 17.3. The number of ketones is 1. The summed E-state index contributed by atoms with van der Waals surface area (Å²) in [5.41, 5.74) is 4.95. The number of fused-ring (bicyclic) bond motifs is 1. The van der Waals surface area contributed by atoms with E-state index < -0.39 is 17.8 Å². The fraction of sp³-hybridized carbons (Fsp3) is 0.192. The second-order valence-corrected chi connectivity index (χ2v) is 8.11. The van der Waals surface area contributed by atoms with Crippen LogP contribution < -0.4 is 5.32 Å². The average Bonchev–Trinajstić information content (AvgIpc) is 3.46. The third-order valence-electron chi connectivity index (χ3n) is 6.10. The van der Waals surface area contributed by atoms with Crippen molar-refractivity contribution in [3.8, 4) is 11.1 Å². The van der Waals surface area contributed by atoms with Gasteiger partial charge in [0.25, 0.3) is 6.01 Å². The molecule has 160 valence electrons. The molecule has 3 aromatic carbocycles. The van der Waals surface area contributed by atoms with E-state index in [0.29, 0.717) is 24.4 Å². The van der Waals surface area contributed by atoms with Gasteiger partial charge in [0, 0.05) is 17.2 Å². The minimum Gasteiger partial charge on any atom is -0.481 e. The number of aliphatic carboxylic acids is 1. The molecule has 1 saturated carbocycles. The van der Waals surface area contributed by atoms with Crippen LogP contribution in [0.4, 0.5) is 11.7 Å². The molecule has 4 aromatic rings. The number of hydrogen-bond acceptors (Lipinski definition) is 5. The number of rotatable bonds is 6. The number of para-hydroxylation sites is 2. The SMILES string of the molecule is O=C(O)[C@@H]1CCC[C@H]1C(=O)c1ccc(-c2ccc(Nc3nc4ccccc4o3)cc2)cc1. The third kappa shape index (κ3) is 3.87. The minimum absolute atomic E-state index is 0.0701. The molecule has 0 bridgehead atoms. The first-order valence-electron chi connectivity index (χ1n) is 10.7. The van der Waals surface area contributed by atoms with Gasteiger partial charge >= 0.3 is 5.97 Å². The largest absolute Gasteiger partial charge is 0.481 e. The molecule has 5 rings (SSSR count). The zero-order chi connectivity index (χ0) is 22.1. The fourth-order valence-electron chi connectivity index (χ4n) is 4.41. The van der Waals surface area contributed by atoms with E-state index in [4.69, 9.17) is 4.42 Å². The molecule has 1 aromatic heterocycles. The number of anilines is 2. The zero-order valence-electron chi connectivity index (χ0n) is 17.3. The molecule has 1 heterocycles. The first kappa shape index (κ1) is 20.0. The lowest BCUT2D eigenvalue weighted by atomic mass is 9.88. The Bertz CT molecular complexity index is 1240. The van der Waals surface area contributed by atoms with Gasteiger partial charge < -0.3 is 14.8 Å². The number of carbonyl (C=O) groups is 2. The minimum atomic E-state index is -0.871. The molecule has 0 radical (unpaired) electrons. The van der Waals surface area contributed by atoms with Crippen LogP contribution in [0.5, 0.6) is 0 Å². The van der Waals surface area contributed by atoms with Crippen molar-refractivity contribution in [3.63, 3.8) is 0 Å². The maximum absolute atomic E-state index is 12.8. The molecule has 6 nitrogen and oxygen atoms in total. The Morgan fingerprint density at radius 1 is 0.875 bits per heavy atom. The summed E-state index contributed by atoms with van der Waals surface area (Å²) in [7, 11) is 0. The van der Waals surface area contributed by atoms with Gasteiger partial charge in [-0.25, -0.2) is 0 Å². The molecular formula is C26H22N2O4. The number of benzene rings is 3. The van der Waals surface area contributed by atoms with Crippen molar-refractivity contribution in [1.29, 1.82) is 0 Å². The van der Waals surface area contributed by atoms with E-state index in [-0.39, 0.29) is 5.78 Å². The Morgan fingerprint density at radius 3 is 2.22 bits per heavy atom. The molecule has 6 heteroatoms. The molecule has 0 amide bonds. The predicted molar refractivity (Wildman–Crippen MR) is 122 cm³/mol. The number of Topliss-reactive ketones (excluding diaryl/α,β-unsaturated/α-hetero) is 1. The summed E-state index contributed by atoms with van der Waals surface area (Å²) in [6, 6.07) is 23.3. The van der Waals surface area contributed by atoms with E-state index in [9.17, 15) is 14.7 Å². The number of carbonyl (C=O) groups excluding carboxylic acids is 1. The molecule has 0 spiro atoms. The van der Waals surface area contributed by atoms with Crippen LogP contribution in [0.15, 0.2) is 77.2 Å². The summed E-state index contributed by atoms with van der Waals surface area (Å²) in [6.45, 7) is 0. The molecule has 0 saturated heterocycles. The second-order valence-electron chi connectivity index (χ2n) is 8.11. The van der Waals surface area contributed by atoms with Crippen molar-refractivity contribution in [2.75, 3.05) is 5.32 Å². The van der Waals surface area contributed by atoms with Gasteiger partial charge in [-0.05, 0) is 48.2 Å². The molecule has 0 unspecified atom stereocenters. The standard InChI is InChI=1S/C26H22N2O4/c29-24(20-4-3-5-21(20)25(30)31)18-10-8-16(9-11-18)17-12-14-19(15-13-17)27-26-28-22-6-1-2-7-23(22)32-26/h1-2,6-15,20-21H,3-5H2,(H,27,28)(H,30,31)/t20-,21-/m1/s1. The molecular weight excluding hydrogens is 404 g/mol. The molecule has 1 aliphatic carbocycles. The van der Waals surface area contributed by atoms with E-state index in [1.807, 2.05) is 60.7 Å². The van der Waals surface area contributed by atoms with E-state index in [2.05, 4.69) is 10.3 Å². The predicted octanol–water partition coefficient (Wildman–Crippen LogP) is 5.92.